The molecule has 3 aromatic rings. The molecule has 162 valence electrons. The third-order valence-electron chi connectivity index (χ3n) is 4.49. The first-order valence-corrected chi connectivity index (χ1v) is 10.1. The molecule has 0 N–H and O–H groups in total. The van der Waals surface area contributed by atoms with Crippen molar-refractivity contribution in [2.45, 2.75) is 33.0 Å². The molecule has 1 aromatic heterocycles. The van der Waals surface area contributed by atoms with Crippen molar-refractivity contribution in [3.63, 3.8) is 0 Å². The maximum atomic E-state index is 12.7. The van der Waals surface area contributed by atoms with E-state index in [-0.39, 0.29) is 5.91 Å². The van der Waals surface area contributed by atoms with Crippen LogP contribution in [0.2, 0.25) is 0 Å². The van der Waals surface area contributed by atoms with E-state index in [0.717, 1.165) is 16.5 Å². The lowest BCUT2D eigenvalue weighted by molar-refractivity contribution is -0.123. The minimum atomic E-state index is -0.622. The molecule has 0 fully saturated rings. The largest absolute Gasteiger partial charge is 0.489 e. The molecule has 0 saturated heterocycles. The first kappa shape index (κ1) is 22.2. The molecule has 0 aliphatic rings. The number of nitrogens with zero attached hydrogens (tertiary/aromatic N) is 2. The lowest BCUT2D eigenvalue weighted by Gasteiger charge is -2.19. The third kappa shape index (κ3) is 5.75. The smallest absolute Gasteiger partial charge is 0.419 e. The summed E-state index contributed by atoms with van der Waals surface area (Å²) in [5.74, 6) is 0.529. The quantitative estimate of drug-likeness (QED) is 0.539. The van der Waals surface area contributed by atoms with Gasteiger partial charge in [-0.25, -0.2) is 4.79 Å². The Kier molecular flexibility index (Phi) is 6.49. The molecule has 3 rings (SSSR count). The van der Waals surface area contributed by atoms with E-state index in [1.165, 1.54) is 15.5 Å². The van der Waals surface area contributed by atoms with Crippen molar-refractivity contribution in [2.75, 3.05) is 14.1 Å². The van der Waals surface area contributed by atoms with Crippen molar-refractivity contribution in [3.8, 4) is 5.75 Å². The van der Waals surface area contributed by atoms with E-state index in [2.05, 4.69) is 0 Å². The van der Waals surface area contributed by atoms with Gasteiger partial charge in [0.1, 0.15) is 18.0 Å². The van der Waals surface area contributed by atoms with E-state index in [0.29, 0.717) is 17.9 Å². The molecule has 6 nitrogen and oxygen atoms in total. The number of amides is 1. The number of benzene rings is 2. The molecule has 0 bridgehead atoms. The van der Waals surface area contributed by atoms with Gasteiger partial charge in [0.15, 0.2) is 0 Å². The van der Waals surface area contributed by atoms with E-state index in [4.69, 9.17) is 9.47 Å². The van der Waals surface area contributed by atoms with Gasteiger partial charge in [-0.05, 0) is 50.6 Å². The molecule has 0 unspecified atom stereocenters. The molecule has 0 spiro atoms. The molecule has 0 aliphatic carbocycles. The van der Waals surface area contributed by atoms with Crippen molar-refractivity contribution in [1.82, 2.24) is 9.47 Å². The molecule has 1 amide bonds. The van der Waals surface area contributed by atoms with Gasteiger partial charge in [0.05, 0.1) is 5.52 Å². The normalized spacial score (nSPS) is 11.6. The molecular weight excluding hydrogens is 392 g/mol. The van der Waals surface area contributed by atoms with E-state index >= 15 is 0 Å². The summed E-state index contributed by atoms with van der Waals surface area (Å²) < 4.78 is 12.9. The van der Waals surface area contributed by atoms with Gasteiger partial charge < -0.3 is 14.4 Å². The maximum absolute atomic E-state index is 12.7. The van der Waals surface area contributed by atoms with Crippen molar-refractivity contribution in [3.05, 3.63) is 71.9 Å². The highest BCUT2D eigenvalue weighted by atomic mass is 16.6. The van der Waals surface area contributed by atoms with Gasteiger partial charge in [-0.1, -0.05) is 30.3 Å². The number of ether oxygens (including phenoxy) is 2. The first-order valence-electron chi connectivity index (χ1n) is 10.1. The number of hydrogen-bond acceptors (Lipinski definition) is 4. The van der Waals surface area contributed by atoms with E-state index in [9.17, 15) is 9.59 Å². The maximum Gasteiger partial charge on any atom is 0.419 e. The van der Waals surface area contributed by atoms with E-state index in [1.807, 2.05) is 69.3 Å². The van der Waals surface area contributed by atoms with Gasteiger partial charge in [0.25, 0.3) is 0 Å². The predicted molar refractivity (Wildman–Crippen MR) is 122 cm³/mol. The second-order valence-corrected chi connectivity index (χ2v) is 8.45. The first-order chi connectivity index (χ1) is 14.6. The van der Waals surface area contributed by atoms with Gasteiger partial charge in [0, 0.05) is 37.3 Å². The summed E-state index contributed by atoms with van der Waals surface area (Å²) in [6.45, 7) is 5.90. The Hall–Kier alpha value is -3.54. The van der Waals surface area contributed by atoms with Crippen LogP contribution in [0.25, 0.3) is 17.0 Å². The van der Waals surface area contributed by atoms with E-state index < -0.39 is 11.7 Å². The number of likely N-dealkylation sites (N-methyl/N-ethyl adjacent to an activating group) is 1. The Morgan fingerprint density at radius 3 is 2.42 bits per heavy atom. The lowest BCUT2D eigenvalue weighted by atomic mass is 10.1. The van der Waals surface area contributed by atoms with Crippen LogP contribution in [0.5, 0.6) is 5.75 Å². The fraction of sp³-hybridized carbons (Fsp3) is 0.280. The molecule has 0 atom stereocenters. The standard InChI is InChI=1S/C25H28N2O4/c1-25(2,3)31-24(29)27-16-19(11-14-23(28)26(4)5)21-15-20(12-13-22(21)27)30-17-18-9-7-6-8-10-18/h6-16H,17H2,1-5H3/b14-11+. The van der Waals surface area contributed by atoms with Crippen LogP contribution in [0.4, 0.5) is 4.79 Å². The van der Waals surface area contributed by atoms with Gasteiger partial charge in [-0.2, -0.15) is 0 Å². The average molecular weight is 421 g/mol. The third-order valence-corrected chi connectivity index (χ3v) is 4.49. The van der Waals surface area contributed by atoms with Crippen LogP contribution in [0.3, 0.4) is 0 Å². The Bertz CT molecular complexity index is 1110. The van der Waals surface area contributed by atoms with Crippen molar-refractivity contribution < 1.29 is 19.1 Å². The molecule has 31 heavy (non-hydrogen) atoms. The minimum Gasteiger partial charge on any atom is -0.489 e. The summed E-state index contributed by atoms with van der Waals surface area (Å²) in [6, 6.07) is 15.4. The van der Waals surface area contributed by atoms with Gasteiger partial charge in [0.2, 0.25) is 5.91 Å². The molecule has 0 saturated carbocycles. The average Bonchev–Trinajstić information content (AvgIpc) is 3.08. The van der Waals surface area contributed by atoms with Crippen molar-refractivity contribution in [1.29, 1.82) is 0 Å². The zero-order chi connectivity index (χ0) is 22.6. The number of hydrogen-bond donors (Lipinski definition) is 0. The fourth-order valence-electron chi connectivity index (χ4n) is 2.97. The summed E-state index contributed by atoms with van der Waals surface area (Å²) in [7, 11) is 3.37. The predicted octanol–water partition coefficient (Wildman–Crippen LogP) is 5.10. The second kappa shape index (κ2) is 9.08. The number of aromatic nitrogens is 1. The zero-order valence-electron chi connectivity index (χ0n) is 18.6. The zero-order valence-corrected chi connectivity index (χ0v) is 18.6. The van der Waals surface area contributed by atoms with Crippen molar-refractivity contribution >= 4 is 29.0 Å². The molecular formula is C25H28N2O4. The Morgan fingerprint density at radius 1 is 1.06 bits per heavy atom. The molecule has 1 heterocycles. The van der Waals surface area contributed by atoms with Gasteiger partial charge in [-0.15, -0.1) is 0 Å². The number of fused-ring (bicyclic) bond motifs is 1. The van der Waals surface area contributed by atoms with Crippen molar-refractivity contribution in [2.24, 2.45) is 0 Å². The second-order valence-electron chi connectivity index (χ2n) is 8.45. The Balaban J connectivity index is 1.97. The van der Waals surface area contributed by atoms with Crippen LogP contribution in [0, 0.1) is 0 Å². The highest BCUT2D eigenvalue weighted by molar-refractivity contribution is 5.99. The Morgan fingerprint density at radius 2 is 1.77 bits per heavy atom. The SMILES string of the molecule is CN(C)C(=O)/C=C/c1cn(C(=O)OC(C)(C)C)c2ccc(OCc3ccccc3)cc12. The summed E-state index contributed by atoms with van der Waals surface area (Å²) in [5.41, 5.74) is 1.84. The highest BCUT2D eigenvalue weighted by Crippen LogP contribution is 2.28. The molecule has 0 radical (unpaired) electrons. The number of carbonyl (C=O) groups is 2. The van der Waals surface area contributed by atoms with Crippen LogP contribution >= 0.6 is 0 Å². The highest BCUT2D eigenvalue weighted by Gasteiger charge is 2.20. The topological polar surface area (TPSA) is 60.8 Å². The molecule has 0 aliphatic heterocycles. The summed E-state index contributed by atoms with van der Waals surface area (Å²) >= 11 is 0. The van der Waals surface area contributed by atoms with Crippen LogP contribution < -0.4 is 4.74 Å². The Labute approximate surface area is 182 Å². The van der Waals surface area contributed by atoms with Crippen LogP contribution in [0.1, 0.15) is 31.9 Å². The summed E-state index contributed by atoms with van der Waals surface area (Å²) in [4.78, 5) is 26.2. The van der Waals surface area contributed by atoms with Crippen LogP contribution in [-0.2, 0) is 16.1 Å². The summed E-state index contributed by atoms with van der Waals surface area (Å²) in [5, 5.41) is 0.791. The molecule has 6 heteroatoms. The number of carbonyl (C=O) groups excluding carboxylic acids is 2. The monoisotopic (exact) mass is 420 g/mol. The summed E-state index contributed by atoms with van der Waals surface area (Å²) in [6.07, 6.45) is 4.38. The number of rotatable bonds is 5. The van der Waals surface area contributed by atoms with Crippen LogP contribution in [0.15, 0.2) is 60.8 Å². The fourth-order valence-corrected chi connectivity index (χ4v) is 2.97. The van der Waals surface area contributed by atoms with E-state index in [1.54, 1.807) is 26.4 Å². The van der Waals surface area contributed by atoms with Gasteiger partial charge >= 0.3 is 6.09 Å². The lowest BCUT2D eigenvalue weighted by Crippen LogP contribution is -2.26. The van der Waals surface area contributed by atoms with Crippen LogP contribution in [-0.4, -0.2) is 41.2 Å². The van der Waals surface area contributed by atoms with Gasteiger partial charge in [-0.3, -0.25) is 9.36 Å². The molecule has 2 aromatic carbocycles. The minimum absolute atomic E-state index is 0.144.